The molecule has 0 bridgehead atoms. The molecule has 0 saturated heterocycles. The number of esters is 2. The number of hydrogen-bond donors (Lipinski definition) is 1. The molecular formula is C30H35NO6. The Morgan fingerprint density at radius 3 is 1.78 bits per heavy atom. The van der Waals surface area contributed by atoms with Crippen LogP contribution in [0, 0.1) is 0 Å². The largest absolute Gasteiger partial charge is 0.482 e. The fourth-order valence-electron chi connectivity index (χ4n) is 3.93. The average molecular weight is 506 g/mol. The monoisotopic (exact) mass is 505 g/mol. The van der Waals surface area contributed by atoms with Crippen LogP contribution in [0.5, 0.6) is 11.5 Å². The molecule has 0 atom stereocenters. The minimum Gasteiger partial charge on any atom is -0.482 e. The van der Waals surface area contributed by atoms with Crippen molar-refractivity contribution in [2.45, 2.75) is 32.7 Å². The highest BCUT2D eigenvalue weighted by atomic mass is 16.6. The van der Waals surface area contributed by atoms with Crippen molar-refractivity contribution in [3.05, 3.63) is 95.6 Å². The van der Waals surface area contributed by atoms with Crippen LogP contribution in [0.25, 0.3) is 0 Å². The van der Waals surface area contributed by atoms with Crippen molar-refractivity contribution < 1.29 is 28.5 Å². The Labute approximate surface area is 218 Å². The van der Waals surface area contributed by atoms with Crippen molar-refractivity contribution in [1.29, 1.82) is 0 Å². The molecule has 3 aromatic carbocycles. The standard InChI is InChI=1S/C30H35NO6/c1-3-34-29(32)21-36-26-14-8-12-24(18-26)28(16-17-31-20-23-10-6-5-7-11-23)25-13-9-15-27(19-25)37-22-30(33)35-4-2/h5-15,18-19,28,31H,3-4,16-17,20-22H2,1-2H3. The van der Waals surface area contributed by atoms with Crippen LogP contribution in [0.1, 0.15) is 42.9 Å². The summed E-state index contributed by atoms with van der Waals surface area (Å²) in [5.74, 6) is 0.424. The molecule has 3 aromatic rings. The topological polar surface area (TPSA) is 83.1 Å². The Morgan fingerprint density at radius 1 is 0.730 bits per heavy atom. The Hall–Kier alpha value is -3.84. The number of rotatable bonds is 15. The van der Waals surface area contributed by atoms with Gasteiger partial charge in [0, 0.05) is 12.5 Å². The van der Waals surface area contributed by atoms with Gasteiger partial charge in [-0.1, -0.05) is 54.6 Å². The van der Waals surface area contributed by atoms with Gasteiger partial charge in [-0.05, 0) is 67.8 Å². The highest BCUT2D eigenvalue weighted by Gasteiger charge is 2.17. The number of nitrogens with one attached hydrogen (secondary N) is 1. The quantitative estimate of drug-likeness (QED) is 0.233. The van der Waals surface area contributed by atoms with E-state index < -0.39 is 11.9 Å². The number of benzene rings is 3. The van der Waals surface area contributed by atoms with E-state index in [0.717, 1.165) is 30.6 Å². The van der Waals surface area contributed by atoms with Crippen LogP contribution >= 0.6 is 0 Å². The molecule has 0 fully saturated rings. The first-order valence-electron chi connectivity index (χ1n) is 12.6. The molecule has 0 saturated carbocycles. The van der Waals surface area contributed by atoms with Crippen LogP contribution in [0.4, 0.5) is 0 Å². The minimum absolute atomic E-state index is 0.0283. The van der Waals surface area contributed by atoms with E-state index in [1.165, 1.54) is 5.56 Å². The molecule has 0 amide bonds. The van der Waals surface area contributed by atoms with Crippen LogP contribution in [0.2, 0.25) is 0 Å². The van der Waals surface area contributed by atoms with Crippen LogP contribution < -0.4 is 14.8 Å². The van der Waals surface area contributed by atoms with E-state index >= 15 is 0 Å². The number of carbonyl (C=O) groups is 2. The number of carbonyl (C=O) groups excluding carboxylic acids is 2. The van der Waals surface area contributed by atoms with Crippen LogP contribution in [-0.2, 0) is 25.6 Å². The first-order valence-corrected chi connectivity index (χ1v) is 12.6. The Balaban J connectivity index is 1.75. The van der Waals surface area contributed by atoms with E-state index in [4.69, 9.17) is 18.9 Å². The smallest absolute Gasteiger partial charge is 0.344 e. The van der Waals surface area contributed by atoms with Crippen molar-refractivity contribution in [1.82, 2.24) is 5.32 Å². The summed E-state index contributed by atoms with van der Waals surface area (Å²) < 4.78 is 21.3. The van der Waals surface area contributed by atoms with Gasteiger partial charge in [0.15, 0.2) is 13.2 Å². The molecule has 196 valence electrons. The van der Waals surface area contributed by atoms with E-state index in [2.05, 4.69) is 17.4 Å². The third-order valence-electron chi connectivity index (χ3n) is 5.63. The Bertz CT molecular complexity index is 1050. The average Bonchev–Trinajstić information content (AvgIpc) is 2.92. The summed E-state index contributed by atoms with van der Waals surface area (Å²) in [6.45, 7) is 5.43. The van der Waals surface area contributed by atoms with Crippen LogP contribution in [-0.4, -0.2) is 44.9 Å². The highest BCUT2D eigenvalue weighted by Crippen LogP contribution is 2.32. The van der Waals surface area contributed by atoms with Crippen molar-refractivity contribution in [2.24, 2.45) is 0 Å². The first kappa shape index (κ1) is 27.7. The maximum Gasteiger partial charge on any atom is 0.344 e. The molecule has 0 radical (unpaired) electrons. The molecule has 0 aromatic heterocycles. The lowest BCUT2D eigenvalue weighted by Gasteiger charge is -2.20. The van der Waals surface area contributed by atoms with Gasteiger partial charge in [0.1, 0.15) is 11.5 Å². The van der Waals surface area contributed by atoms with E-state index in [0.29, 0.717) is 24.7 Å². The molecule has 0 aliphatic heterocycles. The summed E-state index contributed by atoms with van der Waals surface area (Å²) in [6.07, 6.45) is 0.815. The fraction of sp³-hybridized carbons (Fsp3) is 0.333. The Kier molecular flexibility index (Phi) is 11.5. The normalized spacial score (nSPS) is 10.7. The lowest BCUT2D eigenvalue weighted by molar-refractivity contribution is -0.146. The summed E-state index contributed by atoms with van der Waals surface area (Å²) in [6, 6.07) is 25.7. The number of hydrogen-bond acceptors (Lipinski definition) is 7. The zero-order valence-electron chi connectivity index (χ0n) is 21.5. The van der Waals surface area contributed by atoms with E-state index in [1.54, 1.807) is 13.8 Å². The second-order valence-electron chi connectivity index (χ2n) is 8.34. The first-order chi connectivity index (χ1) is 18.1. The van der Waals surface area contributed by atoms with Crippen molar-refractivity contribution >= 4 is 11.9 Å². The second-order valence-corrected chi connectivity index (χ2v) is 8.34. The van der Waals surface area contributed by atoms with Gasteiger partial charge >= 0.3 is 11.9 Å². The van der Waals surface area contributed by atoms with Crippen LogP contribution in [0.3, 0.4) is 0 Å². The lowest BCUT2D eigenvalue weighted by atomic mass is 9.88. The van der Waals surface area contributed by atoms with E-state index in [1.807, 2.05) is 66.7 Å². The zero-order valence-corrected chi connectivity index (χ0v) is 21.5. The predicted molar refractivity (Wildman–Crippen MR) is 142 cm³/mol. The minimum atomic E-state index is -0.402. The molecule has 37 heavy (non-hydrogen) atoms. The third-order valence-corrected chi connectivity index (χ3v) is 5.63. The lowest BCUT2D eigenvalue weighted by Crippen LogP contribution is -2.18. The van der Waals surface area contributed by atoms with Crippen molar-refractivity contribution in [3.8, 4) is 11.5 Å². The van der Waals surface area contributed by atoms with E-state index in [-0.39, 0.29) is 19.1 Å². The SMILES string of the molecule is CCOC(=O)COc1cccc(C(CCNCc2ccccc2)c2cccc(OCC(=O)OCC)c2)c1. The second kappa shape index (κ2) is 15.3. The van der Waals surface area contributed by atoms with Crippen LogP contribution in [0.15, 0.2) is 78.9 Å². The molecule has 1 N–H and O–H groups in total. The molecule has 7 heteroatoms. The summed E-state index contributed by atoms with van der Waals surface area (Å²) >= 11 is 0. The van der Waals surface area contributed by atoms with Gasteiger partial charge in [-0.3, -0.25) is 0 Å². The molecule has 0 spiro atoms. The highest BCUT2D eigenvalue weighted by molar-refractivity contribution is 5.71. The van der Waals surface area contributed by atoms with Gasteiger partial charge < -0.3 is 24.3 Å². The van der Waals surface area contributed by atoms with Crippen molar-refractivity contribution in [3.63, 3.8) is 0 Å². The van der Waals surface area contributed by atoms with Gasteiger partial charge in [-0.15, -0.1) is 0 Å². The summed E-state index contributed by atoms with van der Waals surface area (Å²) in [5, 5.41) is 3.52. The fourth-order valence-corrected chi connectivity index (χ4v) is 3.93. The molecule has 0 aliphatic rings. The molecular weight excluding hydrogens is 470 g/mol. The molecule has 0 aliphatic carbocycles. The number of ether oxygens (including phenoxy) is 4. The molecule has 0 heterocycles. The Morgan fingerprint density at radius 2 is 1.27 bits per heavy atom. The van der Waals surface area contributed by atoms with E-state index in [9.17, 15) is 9.59 Å². The summed E-state index contributed by atoms with van der Waals surface area (Å²) in [4.78, 5) is 23.5. The van der Waals surface area contributed by atoms with Gasteiger partial charge in [0.05, 0.1) is 13.2 Å². The molecule has 3 rings (SSSR count). The van der Waals surface area contributed by atoms with Gasteiger partial charge in [0.25, 0.3) is 0 Å². The van der Waals surface area contributed by atoms with Gasteiger partial charge in [-0.2, -0.15) is 0 Å². The zero-order chi connectivity index (χ0) is 26.3. The molecule has 7 nitrogen and oxygen atoms in total. The van der Waals surface area contributed by atoms with Gasteiger partial charge in [0.2, 0.25) is 0 Å². The third kappa shape index (κ3) is 9.61. The van der Waals surface area contributed by atoms with Crippen molar-refractivity contribution in [2.75, 3.05) is 33.0 Å². The van der Waals surface area contributed by atoms with Gasteiger partial charge in [-0.25, -0.2) is 9.59 Å². The summed E-state index contributed by atoms with van der Waals surface area (Å²) in [7, 11) is 0. The maximum absolute atomic E-state index is 11.7. The molecule has 0 unspecified atom stereocenters. The maximum atomic E-state index is 11.7. The predicted octanol–water partition coefficient (Wildman–Crippen LogP) is 4.88. The summed E-state index contributed by atoms with van der Waals surface area (Å²) in [5.41, 5.74) is 3.32.